The maximum atomic E-state index is 12.5. The van der Waals surface area contributed by atoms with Crippen molar-refractivity contribution >= 4 is 17.4 Å². The average molecular weight is 394 g/mol. The highest BCUT2D eigenvalue weighted by atomic mass is 32.1. The molecule has 3 aromatic rings. The van der Waals surface area contributed by atoms with E-state index in [2.05, 4.69) is 53.9 Å². The summed E-state index contributed by atoms with van der Waals surface area (Å²) in [6.07, 6.45) is 0.740. The van der Waals surface area contributed by atoms with Gasteiger partial charge < -0.3 is 10.6 Å². The number of carbonyl (C=O) groups is 1. The molecule has 0 aliphatic heterocycles. The maximum absolute atomic E-state index is 12.5. The van der Waals surface area contributed by atoms with Gasteiger partial charge in [-0.1, -0.05) is 81.4 Å². The molecule has 0 aliphatic carbocycles. The second-order valence-corrected chi connectivity index (χ2v) is 8.80. The van der Waals surface area contributed by atoms with Gasteiger partial charge in [-0.05, 0) is 17.5 Å². The number of thiazole rings is 1. The summed E-state index contributed by atoms with van der Waals surface area (Å²) >= 11 is 1.58. The number of benzene rings is 2. The summed E-state index contributed by atoms with van der Waals surface area (Å²) in [7, 11) is 0. The molecule has 1 unspecified atom stereocenters. The Morgan fingerprint density at radius 3 is 2.29 bits per heavy atom. The SMILES string of the molecule is CC(C)(C)c1csc(CNC(=O)NC(Cc2ccccc2)c2ccccc2)n1. The molecule has 0 aliphatic rings. The van der Waals surface area contributed by atoms with Gasteiger partial charge in [0.15, 0.2) is 0 Å². The Balaban J connectivity index is 1.63. The van der Waals surface area contributed by atoms with Gasteiger partial charge in [-0.2, -0.15) is 0 Å². The van der Waals surface area contributed by atoms with Crippen molar-refractivity contribution in [2.45, 2.75) is 45.2 Å². The van der Waals surface area contributed by atoms with E-state index in [4.69, 9.17) is 0 Å². The first-order valence-corrected chi connectivity index (χ1v) is 10.4. The van der Waals surface area contributed by atoms with Crippen molar-refractivity contribution in [3.63, 3.8) is 0 Å². The lowest BCUT2D eigenvalue weighted by Gasteiger charge is -2.20. The molecule has 28 heavy (non-hydrogen) atoms. The van der Waals surface area contributed by atoms with E-state index in [9.17, 15) is 4.79 Å². The Bertz CT molecular complexity index is 885. The predicted octanol–water partition coefficient (Wildman–Crippen LogP) is 5.22. The Labute approximate surface area is 171 Å². The molecule has 0 fully saturated rings. The minimum absolute atomic E-state index is 0.0189. The van der Waals surface area contributed by atoms with E-state index in [1.807, 2.05) is 48.5 Å². The molecule has 2 N–H and O–H groups in total. The highest BCUT2D eigenvalue weighted by molar-refractivity contribution is 7.09. The third kappa shape index (κ3) is 5.67. The van der Waals surface area contributed by atoms with Crippen LogP contribution in [-0.2, 0) is 18.4 Å². The van der Waals surface area contributed by atoms with Crippen LogP contribution in [0.1, 0.15) is 48.6 Å². The molecule has 0 saturated heterocycles. The number of nitrogens with zero attached hydrogens (tertiary/aromatic N) is 1. The third-order valence-corrected chi connectivity index (χ3v) is 5.36. The van der Waals surface area contributed by atoms with Gasteiger partial charge in [-0.15, -0.1) is 11.3 Å². The summed E-state index contributed by atoms with van der Waals surface area (Å²) in [6, 6.07) is 20.0. The fraction of sp³-hybridized carbons (Fsp3) is 0.304. The van der Waals surface area contributed by atoms with Crippen LogP contribution < -0.4 is 10.6 Å². The first-order chi connectivity index (χ1) is 13.4. The molecule has 1 aromatic heterocycles. The summed E-state index contributed by atoms with van der Waals surface area (Å²) in [4.78, 5) is 17.2. The summed E-state index contributed by atoms with van der Waals surface area (Å²) in [5.74, 6) is 0. The van der Waals surface area contributed by atoms with E-state index in [-0.39, 0.29) is 17.5 Å². The summed E-state index contributed by atoms with van der Waals surface area (Å²) in [5.41, 5.74) is 3.35. The molecule has 2 aromatic carbocycles. The number of amides is 2. The minimum atomic E-state index is -0.183. The number of rotatable bonds is 6. The lowest BCUT2D eigenvalue weighted by Crippen LogP contribution is -2.38. The molecular weight excluding hydrogens is 366 g/mol. The molecule has 1 atom stereocenters. The van der Waals surface area contributed by atoms with E-state index in [0.717, 1.165) is 22.7 Å². The number of urea groups is 1. The van der Waals surface area contributed by atoms with Crippen molar-refractivity contribution in [3.05, 3.63) is 87.9 Å². The maximum Gasteiger partial charge on any atom is 0.315 e. The normalized spacial score (nSPS) is 12.4. The molecule has 4 nitrogen and oxygen atoms in total. The van der Waals surface area contributed by atoms with E-state index in [1.54, 1.807) is 11.3 Å². The monoisotopic (exact) mass is 393 g/mol. The van der Waals surface area contributed by atoms with Crippen molar-refractivity contribution in [1.82, 2.24) is 15.6 Å². The fourth-order valence-electron chi connectivity index (χ4n) is 2.89. The highest BCUT2D eigenvalue weighted by Gasteiger charge is 2.18. The Morgan fingerprint density at radius 2 is 1.68 bits per heavy atom. The van der Waals surface area contributed by atoms with Crippen molar-refractivity contribution in [1.29, 1.82) is 0 Å². The molecule has 0 bridgehead atoms. The second-order valence-electron chi connectivity index (χ2n) is 7.86. The molecule has 5 heteroatoms. The topological polar surface area (TPSA) is 54.0 Å². The Hall–Kier alpha value is -2.66. The first-order valence-electron chi connectivity index (χ1n) is 9.50. The van der Waals surface area contributed by atoms with Gasteiger partial charge in [0.05, 0.1) is 18.3 Å². The lowest BCUT2D eigenvalue weighted by atomic mass is 9.93. The van der Waals surface area contributed by atoms with Crippen LogP contribution in [0.5, 0.6) is 0 Å². The molecule has 0 radical (unpaired) electrons. The molecular formula is C23H27N3OS. The van der Waals surface area contributed by atoms with Crippen LogP contribution in [-0.4, -0.2) is 11.0 Å². The first kappa shape index (κ1) is 20.1. The highest BCUT2D eigenvalue weighted by Crippen LogP contribution is 2.24. The van der Waals surface area contributed by atoms with Crippen LogP contribution in [0.4, 0.5) is 4.79 Å². The second kappa shape index (κ2) is 9.02. The van der Waals surface area contributed by atoms with E-state index >= 15 is 0 Å². The van der Waals surface area contributed by atoms with Gasteiger partial charge >= 0.3 is 6.03 Å². The van der Waals surface area contributed by atoms with Crippen LogP contribution in [0.25, 0.3) is 0 Å². The largest absolute Gasteiger partial charge is 0.332 e. The van der Waals surface area contributed by atoms with E-state index in [1.165, 1.54) is 5.56 Å². The fourth-order valence-corrected chi connectivity index (χ4v) is 3.85. The van der Waals surface area contributed by atoms with Crippen molar-refractivity contribution < 1.29 is 4.79 Å². The Morgan fingerprint density at radius 1 is 1.04 bits per heavy atom. The molecule has 146 valence electrons. The smallest absolute Gasteiger partial charge is 0.315 e. The number of aromatic nitrogens is 1. The van der Waals surface area contributed by atoms with Gasteiger partial charge in [0.25, 0.3) is 0 Å². The summed E-state index contributed by atoms with van der Waals surface area (Å²) in [5, 5.41) is 9.05. The zero-order valence-corrected chi connectivity index (χ0v) is 17.4. The number of hydrogen-bond donors (Lipinski definition) is 2. The van der Waals surface area contributed by atoms with Crippen molar-refractivity contribution in [3.8, 4) is 0 Å². The number of nitrogens with one attached hydrogen (secondary N) is 2. The number of hydrogen-bond acceptors (Lipinski definition) is 3. The van der Waals surface area contributed by atoms with Gasteiger partial charge in [0, 0.05) is 10.8 Å². The molecule has 2 amide bonds. The summed E-state index contributed by atoms with van der Waals surface area (Å²) < 4.78 is 0. The van der Waals surface area contributed by atoms with Crippen LogP contribution >= 0.6 is 11.3 Å². The number of carbonyl (C=O) groups excluding carboxylic acids is 1. The molecule has 1 heterocycles. The van der Waals surface area contributed by atoms with Gasteiger partial charge in [0.1, 0.15) is 5.01 Å². The van der Waals surface area contributed by atoms with Crippen molar-refractivity contribution in [2.75, 3.05) is 0 Å². The van der Waals surface area contributed by atoms with E-state index < -0.39 is 0 Å². The quantitative estimate of drug-likeness (QED) is 0.603. The predicted molar refractivity (Wildman–Crippen MR) is 116 cm³/mol. The summed E-state index contributed by atoms with van der Waals surface area (Å²) in [6.45, 7) is 6.85. The Kier molecular flexibility index (Phi) is 6.47. The zero-order valence-electron chi connectivity index (χ0n) is 16.6. The molecule has 0 saturated carbocycles. The van der Waals surface area contributed by atoms with E-state index in [0.29, 0.717) is 6.54 Å². The standard InChI is InChI=1S/C23H27N3OS/c1-23(2,3)20-16-28-21(26-20)15-24-22(27)25-19(18-12-8-5-9-13-18)14-17-10-6-4-7-11-17/h4-13,16,19H,14-15H2,1-3H3,(H2,24,25,27). The van der Waals surface area contributed by atoms with Gasteiger partial charge in [0.2, 0.25) is 0 Å². The third-order valence-electron chi connectivity index (χ3n) is 4.51. The van der Waals surface area contributed by atoms with Crippen molar-refractivity contribution in [2.24, 2.45) is 0 Å². The lowest BCUT2D eigenvalue weighted by molar-refractivity contribution is 0.236. The van der Waals surface area contributed by atoms with Crippen LogP contribution in [0, 0.1) is 0 Å². The zero-order chi connectivity index (χ0) is 20.0. The molecule has 3 rings (SSSR count). The molecule has 0 spiro atoms. The van der Waals surface area contributed by atoms with Gasteiger partial charge in [-0.3, -0.25) is 0 Å². The van der Waals surface area contributed by atoms with Gasteiger partial charge in [-0.25, -0.2) is 9.78 Å². The average Bonchev–Trinajstić information content (AvgIpc) is 3.17. The van der Waals surface area contributed by atoms with Crippen LogP contribution in [0.15, 0.2) is 66.0 Å². The minimum Gasteiger partial charge on any atom is -0.332 e. The van der Waals surface area contributed by atoms with Crippen LogP contribution in [0.2, 0.25) is 0 Å². The van der Waals surface area contributed by atoms with Crippen LogP contribution in [0.3, 0.4) is 0 Å².